The number of piperazine rings is 1. The number of hydrogen-bond donors (Lipinski definition) is 1. The molecule has 7 nitrogen and oxygen atoms in total. The number of nitrogens with one attached hydrogen (secondary N) is 1. The van der Waals surface area contributed by atoms with E-state index in [1.807, 2.05) is 24.4 Å². The van der Waals surface area contributed by atoms with Gasteiger partial charge in [0.1, 0.15) is 5.82 Å². The largest absolute Gasteiger partial charge is 0.353 e. The van der Waals surface area contributed by atoms with Crippen molar-refractivity contribution >= 4 is 23.3 Å². The number of nitrogens with zero attached hydrogens (tertiary/aromatic N) is 6. The van der Waals surface area contributed by atoms with E-state index in [4.69, 9.17) is 0 Å². The molecule has 4 rings (SSSR count). The van der Waals surface area contributed by atoms with Crippen LogP contribution in [0.5, 0.6) is 0 Å². The van der Waals surface area contributed by atoms with Crippen molar-refractivity contribution in [3.05, 3.63) is 60.4 Å². The molecule has 0 amide bonds. The fraction of sp³-hybridized carbons (Fsp3) is 0.300. The van der Waals surface area contributed by atoms with Crippen LogP contribution in [0.25, 0.3) is 0 Å². The van der Waals surface area contributed by atoms with Gasteiger partial charge in [-0.1, -0.05) is 25.1 Å². The summed E-state index contributed by atoms with van der Waals surface area (Å²) in [5, 5.41) is 11.7. The van der Waals surface area contributed by atoms with E-state index in [0.717, 1.165) is 44.1 Å². The van der Waals surface area contributed by atoms with Crippen LogP contribution in [0.15, 0.2) is 54.9 Å². The summed E-state index contributed by atoms with van der Waals surface area (Å²) in [7, 11) is 0. The maximum absolute atomic E-state index is 4.64. The van der Waals surface area contributed by atoms with Crippen LogP contribution < -0.4 is 15.1 Å². The molecule has 1 N–H and O–H groups in total. The maximum atomic E-state index is 4.64. The zero-order chi connectivity index (χ0) is 18.5. The molecule has 0 aliphatic carbocycles. The average Bonchev–Trinajstić information content (AvgIpc) is 2.75. The van der Waals surface area contributed by atoms with Crippen molar-refractivity contribution in [2.24, 2.45) is 0 Å². The summed E-state index contributed by atoms with van der Waals surface area (Å²) in [6.45, 7) is 5.60. The Balaban J connectivity index is 1.40. The van der Waals surface area contributed by atoms with Crippen molar-refractivity contribution in [2.75, 3.05) is 41.3 Å². The fourth-order valence-corrected chi connectivity index (χ4v) is 3.14. The van der Waals surface area contributed by atoms with E-state index < -0.39 is 0 Å². The maximum Gasteiger partial charge on any atom is 0.247 e. The zero-order valence-electron chi connectivity index (χ0n) is 15.4. The lowest BCUT2D eigenvalue weighted by Gasteiger charge is -2.35. The zero-order valence-corrected chi connectivity index (χ0v) is 15.4. The van der Waals surface area contributed by atoms with Crippen LogP contribution in [0.4, 0.5) is 23.3 Å². The summed E-state index contributed by atoms with van der Waals surface area (Å²) in [5.74, 6) is 2.38. The molecule has 0 radical (unpaired) electrons. The minimum atomic E-state index is 0.658. The highest BCUT2D eigenvalue weighted by Crippen LogP contribution is 2.19. The van der Waals surface area contributed by atoms with Gasteiger partial charge in [-0.05, 0) is 36.2 Å². The van der Waals surface area contributed by atoms with Crippen LogP contribution in [0.2, 0.25) is 0 Å². The van der Waals surface area contributed by atoms with Gasteiger partial charge in [0.05, 0.1) is 6.20 Å². The molecule has 0 spiro atoms. The highest BCUT2D eigenvalue weighted by atomic mass is 15.4. The summed E-state index contributed by atoms with van der Waals surface area (Å²) >= 11 is 0. The Kier molecular flexibility index (Phi) is 5.09. The van der Waals surface area contributed by atoms with Gasteiger partial charge in [-0.2, -0.15) is 10.1 Å². The lowest BCUT2D eigenvalue weighted by Crippen LogP contribution is -2.47. The van der Waals surface area contributed by atoms with Gasteiger partial charge >= 0.3 is 0 Å². The van der Waals surface area contributed by atoms with E-state index in [9.17, 15) is 0 Å². The van der Waals surface area contributed by atoms with E-state index in [-0.39, 0.29) is 0 Å². The molecule has 138 valence electrons. The van der Waals surface area contributed by atoms with Crippen LogP contribution in [0, 0.1) is 0 Å². The summed E-state index contributed by atoms with van der Waals surface area (Å²) in [4.78, 5) is 13.5. The highest BCUT2D eigenvalue weighted by Gasteiger charge is 2.20. The van der Waals surface area contributed by atoms with E-state index in [0.29, 0.717) is 11.8 Å². The third kappa shape index (κ3) is 4.13. The molecule has 1 aliphatic rings. The predicted octanol–water partition coefficient (Wildman–Crippen LogP) is 2.90. The molecule has 3 aromatic rings. The lowest BCUT2D eigenvalue weighted by molar-refractivity contribution is 0.630. The number of hydrogen-bond acceptors (Lipinski definition) is 7. The van der Waals surface area contributed by atoms with Gasteiger partial charge in [0.25, 0.3) is 0 Å². The van der Waals surface area contributed by atoms with Crippen molar-refractivity contribution in [3.8, 4) is 0 Å². The molecule has 0 bridgehead atoms. The van der Waals surface area contributed by atoms with Crippen molar-refractivity contribution < 1.29 is 0 Å². The Morgan fingerprint density at radius 3 is 2.44 bits per heavy atom. The molecule has 1 fully saturated rings. The number of anilines is 4. The first-order valence-corrected chi connectivity index (χ1v) is 9.28. The Bertz CT molecular complexity index is 859. The fourth-order valence-electron chi connectivity index (χ4n) is 3.14. The minimum Gasteiger partial charge on any atom is -0.353 e. The van der Waals surface area contributed by atoms with Crippen molar-refractivity contribution in [2.45, 2.75) is 13.3 Å². The van der Waals surface area contributed by atoms with Crippen LogP contribution in [-0.4, -0.2) is 46.3 Å². The molecule has 3 heterocycles. The van der Waals surface area contributed by atoms with Gasteiger partial charge in [-0.25, -0.2) is 4.98 Å². The first-order chi connectivity index (χ1) is 13.3. The van der Waals surface area contributed by atoms with Gasteiger partial charge in [0.2, 0.25) is 5.95 Å². The average molecular weight is 361 g/mol. The van der Waals surface area contributed by atoms with Crippen molar-refractivity contribution in [3.63, 3.8) is 0 Å². The number of aryl methyl sites for hydroxylation is 1. The van der Waals surface area contributed by atoms with Crippen LogP contribution in [-0.2, 0) is 6.42 Å². The SMILES string of the molecule is CCc1ccc(Nc2cnnc(N3CCN(c4ccccn4)CC3)n2)cc1. The lowest BCUT2D eigenvalue weighted by atomic mass is 10.1. The molecule has 0 atom stereocenters. The number of rotatable bonds is 5. The number of aromatic nitrogens is 4. The summed E-state index contributed by atoms with van der Waals surface area (Å²) in [5.41, 5.74) is 2.31. The third-order valence-corrected chi connectivity index (χ3v) is 4.72. The number of benzene rings is 1. The van der Waals surface area contributed by atoms with Gasteiger partial charge in [0, 0.05) is 38.1 Å². The molecule has 7 heteroatoms. The Hall–Kier alpha value is -3.22. The van der Waals surface area contributed by atoms with E-state index in [2.05, 4.69) is 66.5 Å². The second-order valence-electron chi connectivity index (χ2n) is 6.48. The second-order valence-corrected chi connectivity index (χ2v) is 6.48. The van der Waals surface area contributed by atoms with E-state index >= 15 is 0 Å². The van der Waals surface area contributed by atoms with Crippen molar-refractivity contribution in [1.82, 2.24) is 20.2 Å². The van der Waals surface area contributed by atoms with Crippen LogP contribution in [0.3, 0.4) is 0 Å². The standard InChI is InChI=1S/C20H23N7/c1-2-16-6-8-17(9-7-16)23-18-15-22-25-20(24-18)27-13-11-26(12-14-27)19-5-3-4-10-21-19/h3-10,15H,2,11-14H2,1H3,(H,23,24,25). The first kappa shape index (κ1) is 17.2. The molecular formula is C20H23N7. The summed E-state index contributed by atoms with van der Waals surface area (Å²) < 4.78 is 0. The molecule has 0 saturated carbocycles. The Morgan fingerprint density at radius 1 is 0.963 bits per heavy atom. The molecule has 1 aromatic carbocycles. The van der Waals surface area contributed by atoms with Crippen molar-refractivity contribution in [1.29, 1.82) is 0 Å². The minimum absolute atomic E-state index is 0.658. The normalized spacial score (nSPS) is 14.3. The second kappa shape index (κ2) is 7.99. The molecule has 0 unspecified atom stereocenters. The summed E-state index contributed by atoms with van der Waals surface area (Å²) in [6, 6.07) is 14.4. The topological polar surface area (TPSA) is 70.1 Å². The van der Waals surface area contributed by atoms with E-state index in [1.165, 1.54) is 5.56 Å². The number of pyridine rings is 1. The molecule has 1 aliphatic heterocycles. The van der Waals surface area contributed by atoms with Gasteiger partial charge in [-0.15, -0.1) is 5.10 Å². The van der Waals surface area contributed by atoms with Crippen LogP contribution >= 0.6 is 0 Å². The monoisotopic (exact) mass is 361 g/mol. The van der Waals surface area contributed by atoms with E-state index in [1.54, 1.807) is 6.20 Å². The predicted molar refractivity (Wildman–Crippen MR) is 108 cm³/mol. The van der Waals surface area contributed by atoms with Crippen LogP contribution in [0.1, 0.15) is 12.5 Å². The quantitative estimate of drug-likeness (QED) is 0.749. The first-order valence-electron chi connectivity index (χ1n) is 9.28. The third-order valence-electron chi connectivity index (χ3n) is 4.72. The molecular weight excluding hydrogens is 338 g/mol. The molecule has 2 aromatic heterocycles. The van der Waals surface area contributed by atoms with Gasteiger partial charge in [0.15, 0.2) is 5.82 Å². The Morgan fingerprint density at radius 2 is 1.74 bits per heavy atom. The smallest absolute Gasteiger partial charge is 0.247 e. The van der Waals surface area contributed by atoms with Gasteiger partial charge in [-0.3, -0.25) is 0 Å². The highest BCUT2D eigenvalue weighted by molar-refractivity contribution is 5.56. The molecule has 1 saturated heterocycles. The van der Waals surface area contributed by atoms with Gasteiger partial charge < -0.3 is 15.1 Å². The Labute approximate surface area is 159 Å². The molecule has 27 heavy (non-hydrogen) atoms. The summed E-state index contributed by atoms with van der Waals surface area (Å²) in [6.07, 6.45) is 4.52.